The molecule has 1 amide bonds. The number of rotatable bonds is 5. The Bertz CT molecular complexity index is 661. The highest BCUT2D eigenvalue weighted by atomic mass is 35.5. The summed E-state index contributed by atoms with van der Waals surface area (Å²) in [5.41, 5.74) is 1.04. The lowest BCUT2D eigenvalue weighted by Crippen LogP contribution is -2.31. The number of nitrogens with one attached hydrogen (secondary N) is 1. The molecule has 1 heterocycles. The number of benzene rings is 1. The molecule has 1 unspecified atom stereocenters. The summed E-state index contributed by atoms with van der Waals surface area (Å²) >= 11 is 5.91. The first-order valence-electron chi connectivity index (χ1n) is 6.69. The van der Waals surface area contributed by atoms with Crippen molar-refractivity contribution in [3.8, 4) is 0 Å². The van der Waals surface area contributed by atoms with Gasteiger partial charge in [0.25, 0.3) is 5.91 Å². The zero-order valence-electron chi connectivity index (χ0n) is 12.0. The second-order valence-corrected chi connectivity index (χ2v) is 5.07. The van der Waals surface area contributed by atoms with Crippen molar-refractivity contribution >= 4 is 23.5 Å². The first kappa shape index (κ1) is 16.0. The number of aromatic nitrogens is 1. The number of halogens is 1. The third kappa shape index (κ3) is 4.56. The highest BCUT2D eigenvalue weighted by molar-refractivity contribution is 6.30. The van der Waals surface area contributed by atoms with Crippen LogP contribution in [-0.2, 0) is 9.53 Å². The van der Waals surface area contributed by atoms with Gasteiger partial charge in [0.1, 0.15) is 5.69 Å². The minimum Gasteiger partial charge on any atom is -0.451 e. The van der Waals surface area contributed by atoms with E-state index in [9.17, 15) is 9.59 Å². The second-order valence-electron chi connectivity index (χ2n) is 4.64. The van der Waals surface area contributed by atoms with E-state index in [-0.39, 0.29) is 18.3 Å². The fourth-order valence-corrected chi connectivity index (χ4v) is 2.03. The molecule has 5 nitrogen and oxygen atoms in total. The van der Waals surface area contributed by atoms with Gasteiger partial charge in [-0.1, -0.05) is 29.8 Å². The van der Waals surface area contributed by atoms with Crippen molar-refractivity contribution in [3.05, 3.63) is 64.9 Å². The van der Waals surface area contributed by atoms with E-state index < -0.39 is 11.9 Å². The molecule has 0 bridgehead atoms. The van der Waals surface area contributed by atoms with Crippen LogP contribution < -0.4 is 5.32 Å². The summed E-state index contributed by atoms with van der Waals surface area (Å²) in [7, 11) is 0. The van der Waals surface area contributed by atoms with Gasteiger partial charge in [0.2, 0.25) is 0 Å². The minimum absolute atomic E-state index is 0.165. The number of pyridine rings is 1. The number of hydrogen-bond acceptors (Lipinski definition) is 4. The molecule has 1 atom stereocenters. The molecule has 0 aliphatic carbocycles. The summed E-state index contributed by atoms with van der Waals surface area (Å²) in [6.45, 7) is 1.46. The normalized spacial score (nSPS) is 11.5. The van der Waals surface area contributed by atoms with Gasteiger partial charge < -0.3 is 10.1 Å². The Labute approximate surface area is 133 Å². The Kier molecular flexibility index (Phi) is 5.49. The molecule has 0 spiro atoms. The number of nitrogens with zero attached hydrogens (tertiary/aromatic N) is 1. The van der Waals surface area contributed by atoms with Gasteiger partial charge in [-0.15, -0.1) is 0 Å². The maximum absolute atomic E-state index is 11.8. The summed E-state index contributed by atoms with van der Waals surface area (Å²) in [5, 5.41) is 3.33. The van der Waals surface area contributed by atoms with E-state index in [1.54, 1.807) is 30.3 Å². The first-order chi connectivity index (χ1) is 10.6. The summed E-state index contributed by atoms with van der Waals surface area (Å²) in [4.78, 5) is 27.3. The predicted molar refractivity (Wildman–Crippen MR) is 82.5 cm³/mol. The molecule has 0 aliphatic rings. The van der Waals surface area contributed by atoms with Gasteiger partial charge in [0.15, 0.2) is 6.61 Å². The monoisotopic (exact) mass is 318 g/mol. The predicted octanol–water partition coefficient (Wildman–Crippen LogP) is 2.77. The summed E-state index contributed by atoms with van der Waals surface area (Å²) in [6, 6.07) is 11.8. The molecular formula is C16H15ClN2O3. The lowest BCUT2D eigenvalue weighted by atomic mass is 10.1. The standard InChI is InChI=1S/C16H15ClN2O3/c1-11(12-5-4-6-13(17)9-12)19-15(20)10-22-16(21)14-7-2-3-8-18-14/h2-9,11H,10H2,1H3,(H,19,20). The Morgan fingerprint density at radius 2 is 2.09 bits per heavy atom. The van der Waals surface area contributed by atoms with Crippen molar-refractivity contribution in [1.82, 2.24) is 10.3 Å². The average Bonchev–Trinajstić information content (AvgIpc) is 2.53. The van der Waals surface area contributed by atoms with Crippen molar-refractivity contribution in [3.63, 3.8) is 0 Å². The molecule has 22 heavy (non-hydrogen) atoms. The number of ether oxygens (including phenoxy) is 1. The zero-order chi connectivity index (χ0) is 15.9. The van der Waals surface area contributed by atoms with Crippen LogP contribution in [0.1, 0.15) is 29.0 Å². The number of hydrogen-bond donors (Lipinski definition) is 1. The summed E-state index contributed by atoms with van der Waals surface area (Å²) in [6.07, 6.45) is 1.48. The Morgan fingerprint density at radius 3 is 2.77 bits per heavy atom. The molecule has 1 aromatic heterocycles. The van der Waals surface area contributed by atoms with Crippen LogP contribution in [0.15, 0.2) is 48.7 Å². The van der Waals surface area contributed by atoms with Crippen LogP contribution in [-0.4, -0.2) is 23.5 Å². The van der Waals surface area contributed by atoms with Gasteiger partial charge in [-0.2, -0.15) is 0 Å². The maximum atomic E-state index is 11.8. The molecule has 1 aromatic carbocycles. The van der Waals surface area contributed by atoms with E-state index in [1.807, 2.05) is 13.0 Å². The molecule has 2 aromatic rings. The number of carbonyl (C=O) groups excluding carboxylic acids is 2. The van der Waals surface area contributed by atoms with Crippen LogP contribution in [0.2, 0.25) is 5.02 Å². The molecule has 0 radical (unpaired) electrons. The van der Waals surface area contributed by atoms with Crippen molar-refractivity contribution in [2.45, 2.75) is 13.0 Å². The first-order valence-corrected chi connectivity index (χ1v) is 7.07. The Hall–Kier alpha value is -2.40. The lowest BCUT2D eigenvalue weighted by Gasteiger charge is -2.14. The molecule has 0 saturated heterocycles. The Morgan fingerprint density at radius 1 is 1.27 bits per heavy atom. The molecule has 1 N–H and O–H groups in total. The molecule has 2 rings (SSSR count). The van der Waals surface area contributed by atoms with E-state index >= 15 is 0 Å². The van der Waals surface area contributed by atoms with E-state index in [0.717, 1.165) is 5.56 Å². The van der Waals surface area contributed by atoms with Gasteiger partial charge in [0, 0.05) is 11.2 Å². The quantitative estimate of drug-likeness (QED) is 0.861. The summed E-state index contributed by atoms with van der Waals surface area (Å²) in [5.74, 6) is -1.03. The zero-order valence-corrected chi connectivity index (χ0v) is 12.7. The van der Waals surface area contributed by atoms with Crippen molar-refractivity contribution in [1.29, 1.82) is 0 Å². The molecule has 0 saturated carbocycles. The van der Waals surface area contributed by atoms with Crippen LogP contribution >= 0.6 is 11.6 Å². The number of esters is 1. The topological polar surface area (TPSA) is 68.3 Å². The summed E-state index contributed by atoms with van der Waals surface area (Å²) < 4.78 is 4.91. The van der Waals surface area contributed by atoms with Crippen LogP contribution in [0.3, 0.4) is 0 Å². The fraction of sp³-hybridized carbons (Fsp3) is 0.188. The molecule has 114 valence electrons. The van der Waals surface area contributed by atoms with Gasteiger partial charge >= 0.3 is 5.97 Å². The smallest absolute Gasteiger partial charge is 0.357 e. The van der Waals surface area contributed by atoms with Crippen LogP contribution in [0.25, 0.3) is 0 Å². The van der Waals surface area contributed by atoms with Crippen LogP contribution in [0.5, 0.6) is 0 Å². The van der Waals surface area contributed by atoms with Crippen LogP contribution in [0, 0.1) is 0 Å². The molecule has 0 aliphatic heterocycles. The Balaban J connectivity index is 1.84. The van der Waals surface area contributed by atoms with E-state index in [1.165, 1.54) is 12.3 Å². The third-order valence-electron chi connectivity index (χ3n) is 2.93. The average molecular weight is 319 g/mol. The van der Waals surface area contributed by atoms with Crippen molar-refractivity contribution in [2.75, 3.05) is 6.61 Å². The van der Waals surface area contributed by atoms with Crippen LogP contribution in [0.4, 0.5) is 0 Å². The van der Waals surface area contributed by atoms with Gasteiger partial charge in [-0.3, -0.25) is 4.79 Å². The fourth-order valence-electron chi connectivity index (χ4n) is 1.83. The molecular weight excluding hydrogens is 304 g/mol. The number of amides is 1. The van der Waals surface area contributed by atoms with E-state index in [0.29, 0.717) is 5.02 Å². The van der Waals surface area contributed by atoms with E-state index in [2.05, 4.69) is 10.3 Å². The van der Waals surface area contributed by atoms with Gasteiger partial charge in [0.05, 0.1) is 6.04 Å². The van der Waals surface area contributed by atoms with Gasteiger partial charge in [-0.05, 0) is 36.8 Å². The van der Waals surface area contributed by atoms with Crippen molar-refractivity contribution in [2.24, 2.45) is 0 Å². The molecule has 6 heteroatoms. The molecule has 0 fully saturated rings. The number of carbonyl (C=O) groups is 2. The highest BCUT2D eigenvalue weighted by Crippen LogP contribution is 2.17. The lowest BCUT2D eigenvalue weighted by molar-refractivity contribution is -0.124. The largest absolute Gasteiger partial charge is 0.451 e. The third-order valence-corrected chi connectivity index (χ3v) is 3.17. The SMILES string of the molecule is CC(NC(=O)COC(=O)c1ccccn1)c1cccc(Cl)c1. The minimum atomic E-state index is -0.633. The highest BCUT2D eigenvalue weighted by Gasteiger charge is 2.13. The second kappa shape index (κ2) is 7.56. The maximum Gasteiger partial charge on any atom is 0.357 e. The van der Waals surface area contributed by atoms with Gasteiger partial charge in [-0.25, -0.2) is 9.78 Å². The van der Waals surface area contributed by atoms with Crippen molar-refractivity contribution < 1.29 is 14.3 Å². The van der Waals surface area contributed by atoms with E-state index in [4.69, 9.17) is 16.3 Å².